The summed E-state index contributed by atoms with van der Waals surface area (Å²) in [6.45, 7) is 1.21. The molecular weight excluding hydrogens is 359 g/mol. The fourth-order valence-corrected chi connectivity index (χ4v) is 1.74. The van der Waals surface area contributed by atoms with Gasteiger partial charge in [0.25, 0.3) is 0 Å². The first kappa shape index (κ1) is 21.6. The summed E-state index contributed by atoms with van der Waals surface area (Å²) >= 11 is 0. The van der Waals surface area contributed by atoms with Gasteiger partial charge in [0.05, 0.1) is 13.5 Å². The number of methoxy groups -OCH3 is 1. The van der Waals surface area contributed by atoms with Crippen molar-refractivity contribution in [3.8, 4) is 11.5 Å². The van der Waals surface area contributed by atoms with Crippen LogP contribution in [-0.4, -0.2) is 29.9 Å². The Labute approximate surface area is 155 Å². The number of benzene rings is 2. The van der Waals surface area contributed by atoms with Gasteiger partial charge >= 0.3 is 11.9 Å². The van der Waals surface area contributed by atoms with Crippen LogP contribution in [0.25, 0.3) is 0 Å². The van der Waals surface area contributed by atoms with Gasteiger partial charge in [-0.15, -0.1) is 0 Å². The smallest absolute Gasteiger partial charge is 0.352 e. The zero-order chi connectivity index (χ0) is 20.2. The Balaban J connectivity index is 0.000000277. The van der Waals surface area contributed by atoms with Gasteiger partial charge in [-0.3, -0.25) is 19.4 Å². The number of carbonyl (C=O) groups is 3. The second-order valence-corrected chi connectivity index (χ2v) is 5.16. The van der Waals surface area contributed by atoms with Gasteiger partial charge < -0.3 is 9.84 Å². The average Bonchev–Trinajstić information content (AvgIpc) is 2.66. The molecule has 8 heteroatoms. The van der Waals surface area contributed by atoms with Crippen molar-refractivity contribution in [2.75, 3.05) is 7.11 Å². The Morgan fingerprint density at radius 3 is 1.96 bits per heavy atom. The summed E-state index contributed by atoms with van der Waals surface area (Å²) in [7, 11) is 1.54. The first-order valence-electron chi connectivity index (χ1n) is 7.81. The highest BCUT2D eigenvalue weighted by atomic mass is 19.1. The van der Waals surface area contributed by atoms with Crippen molar-refractivity contribution in [2.24, 2.45) is 0 Å². The predicted octanol–water partition coefficient (Wildman–Crippen LogP) is 3.43. The van der Waals surface area contributed by atoms with Crippen molar-refractivity contribution in [2.45, 2.75) is 19.8 Å². The maximum atomic E-state index is 12.3. The lowest BCUT2D eigenvalue weighted by Crippen LogP contribution is -2.03. The van der Waals surface area contributed by atoms with Crippen LogP contribution in [0.15, 0.2) is 48.5 Å². The van der Waals surface area contributed by atoms with Gasteiger partial charge in [0.2, 0.25) is 0 Å². The zero-order valence-corrected chi connectivity index (χ0v) is 14.8. The number of carboxylic acids is 1. The second kappa shape index (κ2) is 11.2. The van der Waals surface area contributed by atoms with E-state index in [0.29, 0.717) is 11.3 Å². The summed E-state index contributed by atoms with van der Waals surface area (Å²) in [4.78, 5) is 40.7. The van der Waals surface area contributed by atoms with Gasteiger partial charge in [0, 0.05) is 18.9 Å². The molecule has 0 aliphatic rings. The van der Waals surface area contributed by atoms with E-state index in [1.54, 1.807) is 31.4 Å². The van der Waals surface area contributed by atoms with Crippen LogP contribution in [0.5, 0.6) is 11.5 Å². The summed E-state index contributed by atoms with van der Waals surface area (Å²) in [5, 5.41) is 8.42. The van der Waals surface area contributed by atoms with Crippen LogP contribution in [0.2, 0.25) is 0 Å². The Hall–Kier alpha value is -3.42. The van der Waals surface area contributed by atoms with Crippen LogP contribution in [0.4, 0.5) is 4.39 Å². The van der Waals surface area contributed by atoms with E-state index in [-0.39, 0.29) is 30.2 Å². The van der Waals surface area contributed by atoms with Gasteiger partial charge in [0.15, 0.2) is 11.5 Å². The fraction of sp³-hybridized carbons (Fsp3) is 0.211. The Bertz CT molecular complexity index is 755. The normalized spacial score (nSPS) is 9.44. The molecule has 0 amide bonds. The minimum atomic E-state index is -0.961. The Morgan fingerprint density at radius 1 is 0.926 bits per heavy atom. The molecule has 0 aliphatic heterocycles. The number of Topliss-reactive ketones (excluding diaryl/α,β-unsaturated/α-hetero) is 1. The van der Waals surface area contributed by atoms with E-state index in [9.17, 15) is 18.8 Å². The minimum Gasteiger partial charge on any atom is -0.497 e. The van der Waals surface area contributed by atoms with Crippen molar-refractivity contribution < 1.29 is 38.4 Å². The molecule has 0 spiro atoms. The molecule has 2 aromatic carbocycles. The number of ketones is 1. The topological polar surface area (TPSA) is 99.1 Å². The van der Waals surface area contributed by atoms with E-state index in [1.807, 2.05) is 0 Å². The lowest BCUT2D eigenvalue weighted by atomic mass is 10.1. The van der Waals surface area contributed by atoms with Crippen LogP contribution in [0.3, 0.4) is 0 Å². The summed E-state index contributed by atoms with van der Waals surface area (Å²) in [6, 6.07) is 11.7. The number of hydrogen-bond acceptors (Lipinski definition) is 6. The third-order valence-electron chi connectivity index (χ3n) is 3.05. The number of carboxylic acid groups (broad SMARTS) is 1. The molecule has 0 heterocycles. The van der Waals surface area contributed by atoms with Crippen molar-refractivity contribution in [3.05, 3.63) is 59.9 Å². The van der Waals surface area contributed by atoms with Gasteiger partial charge in [0.1, 0.15) is 11.6 Å². The molecule has 0 unspecified atom stereocenters. The van der Waals surface area contributed by atoms with Gasteiger partial charge in [-0.05, 0) is 48.5 Å². The van der Waals surface area contributed by atoms with Crippen LogP contribution < -0.4 is 9.62 Å². The molecule has 0 radical (unpaired) electrons. The fourth-order valence-electron chi connectivity index (χ4n) is 1.74. The largest absolute Gasteiger partial charge is 0.497 e. The quantitative estimate of drug-likeness (QED) is 0.448. The highest BCUT2D eigenvalue weighted by Crippen LogP contribution is 2.13. The molecule has 0 fully saturated rings. The third kappa shape index (κ3) is 9.01. The molecule has 0 aromatic heterocycles. The summed E-state index contributed by atoms with van der Waals surface area (Å²) in [5.74, 6) is -1.10. The zero-order valence-electron chi connectivity index (χ0n) is 14.8. The maximum Gasteiger partial charge on any atom is 0.352 e. The van der Waals surface area contributed by atoms with E-state index in [4.69, 9.17) is 9.84 Å². The van der Waals surface area contributed by atoms with Gasteiger partial charge in [-0.2, -0.15) is 0 Å². The van der Waals surface area contributed by atoms with E-state index in [1.165, 1.54) is 31.2 Å². The maximum absolute atomic E-state index is 12.3. The first-order chi connectivity index (χ1) is 12.8. The SMILES string of the molecule is CC(=O)OOc1ccc(F)cc1.COc1ccc(C(=O)CCC(=O)O)cc1. The number of rotatable bonds is 7. The molecule has 1 N–H and O–H groups in total. The molecule has 2 aromatic rings. The lowest BCUT2D eigenvalue weighted by molar-refractivity contribution is -0.210. The lowest BCUT2D eigenvalue weighted by Gasteiger charge is -2.01. The highest BCUT2D eigenvalue weighted by Gasteiger charge is 2.08. The number of halogens is 1. The van der Waals surface area contributed by atoms with E-state index < -0.39 is 11.9 Å². The molecule has 0 bridgehead atoms. The van der Waals surface area contributed by atoms with Crippen LogP contribution in [-0.2, 0) is 14.5 Å². The van der Waals surface area contributed by atoms with Crippen LogP contribution >= 0.6 is 0 Å². The summed E-state index contributed by atoms with van der Waals surface area (Å²) in [6.07, 6.45) is -0.105. The monoisotopic (exact) mass is 378 g/mol. The van der Waals surface area contributed by atoms with Crippen LogP contribution in [0, 0.1) is 5.82 Å². The average molecular weight is 378 g/mol. The van der Waals surface area contributed by atoms with Crippen molar-refractivity contribution in [3.63, 3.8) is 0 Å². The predicted molar refractivity (Wildman–Crippen MR) is 93.0 cm³/mol. The highest BCUT2D eigenvalue weighted by molar-refractivity contribution is 5.97. The molecule has 0 aliphatic carbocycles. The molecular formula is C19H19FO7. The summed E-state index contributed by atoms with van der Waals surface area (Å²) < 4.78 is 17.3. The minimum absolute atomic E-state index is 0.0294. The molecule has 0 saturated carbocycles. The number of carbonyl (C=O) groups excluding carboxylic acids is 2. The molecule has 2 rings (SSSR count). The molecule has 7 nitrogen and oxygen atoms in total. The standard InChI is InChI=1S/C11H12O4.C8H7FO3/c1-15-9-4-2-8(3-5-9)10(12)6-7-11(13)14;1-6(10)11-12-8-4-2-7(9)3-5-8/h2-5H,6-7H2,1H3,(H,13,14);2-5H,1H3. The molecule has 144 valence electrons. The Kier molecular flexibility index (Phi) is 9.01. The number of aliphatic carboxylic acids is 1. The number of hydrogen-bond donors (Lipinski definition) is 1. The van der Waals surface area contributed by atoms with Crippen LogP contribution in [0.1, 0.15) is 30.1 Å². The summed E-state index contributed by atoms with van der Waals surface area (Å²) in [5.41, 5.74) is 0.511. The number of ether oxygens (including phenoxy) is 1. The van der Waals surface area contributed by atoms with Crippen molar-refractivity contribution in [1.29, 1.82) is 0 Å². The van der Waals surface area contributed by atoms with Gasteiger partial charge in [-0.1, -0.05) is 0 Å². The second-order valence-electron chi connectivity index (χ2n) is 5.16. The Morgan fingerprint density at radius 2 is 1.48 bits per heavy atom. The van der Waals surface area contributed by atoms with E-state index in [2.05, 4.69) is 9.78 Å². The molecule has 27 heavy (non-hydrogen) atoms. The van der Waals surface area contributed by atoms with E-state index in [0.717, 1.165) is 0 Å². The van der Waals surface area contributed by atoms with Crippen molar-refractivity contribution in [1.82, 2.24) is 0 Å². The molecule has 0 atom stereocenters. The van der Waals surface area contributed by atoms with Gasteiger partial charge in [-0.25, -0.2) is 9.18 Å². The molecule has 0 saturated heterocycles. The third-order valence-corrected chi connectivity index (χ3v) is 3.05. The van der Waals surface area contributed by atoms with Crippen molar-refractivity contribution >= 4 is 17.7 Å². The van der Waals surface area contributed by atoms with E-state index >= 15 is 0 Å². The first-order valence-corrected chi connectivity index (χ1v) is 7.81.